The van der Waals surface area contributed by atoms with Gasteiger partial charge in [0.25, 0.3) is 11.8 Å². The Bertz CT molecular complexity index is 1130. The molecule has 32 heavy (non-hydrogen) atoms. The molecule has 2 aliphatic rings. The van der Waals surface area contributed by atoms with Gasteiger partial charge in [-0.3, -0.25) is 19.3 Å². The van der Waals surface area contributed by atoms with E-state index in [1.807, 2.05) is 12.1 Å². The molecule has 0 saturated carbocycles. The van der Waals surface area contributed by atoms with Gasteiger partial charge in [-0.15, -0.1) is 0 Å². The molecule has 1 fully saturated rings. The lowest BCUT2D eigenvalue weighted by Gasteiger charge is -2.22. The molecule has 1 spiro atoms. The first-order valence-corrected chi connectivity index (χ1v) is 10.2. The van der Waals surface area contributed by atoms with Crippen molar-refractivity contribution in [3.8, 4) is 0 Å². The van der Waals surface area contributed by atoms with Crippen LogP contribution >= 0.6 is 0 Å². The highest BCUT2D eigenvalue weighted by molar-refractivity contribution is 6.09. The number of hydrogen-bond donors (Lipinski definition) is 2. The van der Waals surface area contributed by atoms with Crippen LogP contribution in [0.3, 0.4) is 0 Å². The van der Waals surface area contributed by atoms with Gasteiger partial charge < -0.3 is 15.4 Å². The molecule has 0 bridgehead atoms. The van der Waals surface area contributed by atoms with Gasteiger partial charge in [0.2, 0.25) is 0 Å². The van der Waals surface area contributed by atoms with E-state index in [1.165, 1.54) is 19.1 Å². The Balaban J connectivity index is 1.38. The highest BCUT2D eigenvalue weighted by Gasteiger charge is 2.55. The predicted molar refractivity (Wildman–Crippen MR) is 112 cm³/mol. The smallest absolute Gasteiger partial charge is 0.327 e. The van der Waals surface area contributed by atoms with Crippen molar-refractivity contribution in [1.29, 1.82) is 0 Å². The van der Waals surface area contributed by atoms with Crippen LogP contribution < -0.4 is 10.6 Å². The number of hydrogen-bond acceptors (Lipinski definition) is 5. The zero-order valence-electron chi connectivity index (χ0n) is 17.6. The van der Waals surface area contributed by atoms with Gasteiger partial charge in [0.1, 0.15) is 17.9 Å². The molecule has 2 N–H and O–H groups in total. The van der Waals surface area contributed by atoms with Crippen LogP contribution in [0.25, 0.3) is 0 Å². The summed E-state index contributed by atoms with van der Waals surface area (Å²) in [6.07, 6.45) is -0.167. The highest BCUT2D eigenvalue weighted by atomic mass is 19.1. The molecule has 1 aliphatic heterocycles. The molecule has 8 nitrogen and oxygen atoms in total. The molecule has 166 valence electrons. The van der Waals surface area contributed by atoms with E-state index >= 15 is 0 Å². The summed E-state index contributed by atoms with van der Waals surface area (Å²) in [7, 11) is 0. The lowest BCUT2D eigenvalue weighted by Crippen LogP contribution is -2.43. The summed E-state index contributed by atoms with van der Waals surface area (Å²) in [5, 5.41) is 5.19. The SMILES string of the molecule is Cc1ccc(NC(=O)C(C)OC(=O)CN2C(=O)NC3(CCc4ccccc43)C2=O)cc1F. The molecule has 4 rings (SSSR count). The maximum absolute atomic E-state index is 13.6. The number of ether oxygens (including phenoxy) is 1. The first-order valence-electron chi connectivity index (χ1n) is 10.2. The van der Waals surface area contributed by atoms with E-state index in [0.717, 1.165) is 22.1 Å². The largest absolute Gasteiger partial charge is 0.451 e. The molecule has 1 aliphatic carbocycles. The fourth-order valence-corrected chi connectivity index (χ4v) is 4.06. The van der Waals surface area contributed by atoms with Crippen LogP contribution in [-0.2, 0) is 31.1 Å². The number of amides is 4. The van der Waals surface area contributed by atoms with Gasteiger partial charge in [0.15, 0.2) is 6.10 Å². The number of carbonyl (C=O) groups is 4. The standard InChI is InChI=1S/C23H22FN3O5/c1-13-7-8-16(11-18(13)24)25-20(29)14(2)32-19(28)12-27-21(30)23(26-22(27)31)10-9-15-5-3-4-6-17(15)23/h3-8,11,14H,9-10,12H2,1-2H3,(H,25,29)(H,26,31). The van der Waals surface area contributed by atoms with Crippen molar-refractivity contribution in [2.45, 2.75) is 38.3 Å². The molecule has 2 aromatic carbocycles. The van der Waals surface area contributed by atoms with E-state index in [2.05, 4.69) is 10.6 Å². The summed E-state index contributed by atoms with van der Waals surface area (Å²) >= 11 is 0. The number of nitrogens with one attached hydrogen (secondary N) is 2. The number of fused-ring (bicyclic) bond motifs is 2. The van der Waals surface area contributed by atoms with Crippen LogP contribution in [-0.4, -0.2) is 41.4 Å². The minimum Gasteiger partial charge on any atom is -0.451 e. The van der Waals surface area contributed by atoms with Gasteiger partial charge in [-0.1, -0.05) is 30.3 Å². The van der Waals surface area contributed by atoms with Crippen LogP contribution in [0.2, 0.25) is 0 Å². The van der Waals surface area contributed by atoms with Crippen LogP contribution in [0, 0.1) is 12.7 Å². The number of anilines is 1. The Morgan fingerprint density at radius 1 is 1.25 bits per heavy atom. The van der Waals surface area contributed by atoms with E-state index in [9.17, 15) is 23.6 Å². The molecule has 2 aromatic rings. The summed E-state index contributed by atoms with van der Waals surface area (Å²) < 4.78 is 18.7. The monoisotopic (exact) mass is 439 g/mol. The van der Waals surface area contributed by atoms with E-state index in [-0.39, 0.29) is 5.69 Å². The molecular formula is C23H22FN3O5. The molecule has 0 radical (unpaired) electrons. The number of urea groups is 1. The lowest BCUT2D eigenvalue weighted by molar-refractivity contribution is -0.155. The van der Waals surface area contributed by atoms with Gasteiger partial charge in [-0.2, -0.15) is 0 Å². The second-order valence-corrected chi connectivity index (χ2v) is 7.97. The van der Waals surface area contributed by atoms with Gasteiger partial charge in [0, 0.05) is 5.69 Å². The topological polar surface area (TPSA) is 105 Å². The van der Waals surface area contributed by atoms with Crippen LogP contribution in [0.15, 0.2) is 42.5 Å². The average molecular weight is 439 g/mol. The van der Waals surface area contributed by atoms with Gasteiger partial charge in [-0.05, 0) is 55.5 Å². The molecule has 1 heterocycles. The number of halogens is 1. The lowest BCUT2D eigenvalue weighted by atomic mass is 9.92. The number of nitrogens with zero attached hydrogens (tertiary/aromatic N) is 1. The fourth-order valence-electron chi connectivity index (χ4n) is 4.06. The first kappa shape index (κ1) is 21.5. The highest BCUT2D eigenvalue weighted by Crippen LogP contribution is 2.41. The van der Waals surface area contributed by atoms with Crippen molar-refractivity contribution in [2.75, 3.05) is 11.9 Å². The Morgan fingerprint density at radius 3 is 2.75 bits per heavy atom. The van der Waals surface area contributed by atoms with Crippen molar-refractivity contribution >= 4 is 29.5 Å². The quantitative estimate of drug-likeness (QED) is 0.550. The molecule has 9 heteroatoms. The molecule has 2 atom stereocenters. The van der Waals surface area contributed by atoms with Gasteiger partial charge in [0.05, 0.1) is 0 Å². The van der Waals surface area contributed by atoms with Crippen molar-refractivity contribution in [2.24, 2.45) is 0 Å². The first-order chi connectivity index (χ1) is 15.2. The van der Waals surface area contributed by atoms with Crippen molar-refractivity contribution in [3.63, 3.8) is 0 Å². The maximum Gasteiger partial charge on any atom is 0.327 e. The number of aryl methyl sites for hydroxylation is 2. The Hall–Kier alpha value is -3.75. The zero-order chi connectivity index (χ0) is 23.0. The minimum atomic E-state index is -1.21. The normalized spacial score (nSPS) is 20.2. The summed E-state index contributed by atoms with van der Waals surface area (Å²) in [4.78, 5) is 51.0. The van der Waals surface area contributed by atoms with Gasteiger partial charge >= 0.3 is 12.0 Å². The Labute approximate surface area is 183 Å². The predicted octanol–water partition coefficient (Wildman–Crippen LogP) is 2.40. The zero-order valence-corrected chi connectivity index (χ0v) is 17.6. The minimum absolute atomic E-state index is 0.219. The van der Waals surface area contributed by atoms with Crippen molar-refractivity contribution in [1.82, 2.24) is 10.2 Å². The van der Waals surface area contributed by atoms with E-state index in [4.69, 9.17) is 4.74 Å². The van der Waals surface area contributed by atoms with Crippen molar-refractivity contribution in [3.05, 3.63) is 65.0 Å². The summed E-state index contributed by atoms with van der Waals surface area (Å²) in [6, 6.07) is 10.9. The average Bonchev–Trinajstić information content (AvgIpc) is 3.24. The third-order valence-electron chi connectivity index (χ3n) is 5.83. The van der Waals surface area contributed by atoms with E-state index in [1.54, 1.807) is 19.1 Å². The molecule has 4 amide bonds. The third-order valence-corrected chi connectivity index (χ3v) is 5.83. The number of esters is 1. The maximum atomic E-state index is 13.6. The summed E-state index contributed by atoms with van der Waals surface area (Å²) in [5.74, 6) is -2.57. The molecular weight excluding hydrogens is 417 g/mol. The Kier molecular flexibility index (Phi) is 5.41. The molecule has 0 aromatic heterocycles. The Morgan fingerprint density at radius 2 is 2.00 bits per heavy atom. The molecule has 1 saturated heterocycles. The van der Waals surface area contributed by atoms with Crippen LogP contribution in [0.5, 0.6) is 0 Å². The summed E-state index contributed by atoms with van der Waals surface area (Å²) in [6.45, 7) is 2.32. The van der Waals surface area contributed by atoms with Crippen molar-refractivity contribution < 1.29 is 28.3 Å². The fraction of sp³-hybridized carbons (Fsp3) is 0.304. The number of benzene rings is 2. The van der Waals surface area contributed by atoms with E-state index < -0.39 is 47.8 Å². The second kappa shape index (κ2) is 8.07. The second-order valence-electron chi connectivity index (χ2n) is 7.97. The van der Waals surface area contributed by atoms with Crippen LogP contribution in [0.1, 0.15) is 30.0 Å². The number of rotatable bonds is 5. The van der Waals surface area contributed by atoms with E-state index in [0.29, 0.717) is 18.4 Å². The number of carbonyl (C=O) groups excluding carboxylic acids is 4. The number of imide groups is 1. The molecule has 2 unspecified atom stereocenters. The van der Waals surface area contributed by atoms with Gasteiger partial charge in [-0.25, -0.2) is 9.18 Å². The summed E-state index contributed by atoms with van der Waals surface area (Å²) in [5.41, 5.74) is 1.18. The van der Waals surface area contributed by atoms with Crippen LogP contribution in [0.4, 0.5) is 14.9 Å². The third kappa shape index (κ3) is 3.70.